The fourth-order valence-electron chi connectivity index (χ4n) is 3.04. The van der Waals surface area contributed by atoms with Gasteiger partial charge in [0.05, 0.1) is 0 Å². The lowest BCUT2D eigenvalue weighted by Gasteiger charge is -2.26. The minimum Gasteiger partial charge on any atom is -0.489 e. The normalized spacial score (nSPS) is 15.0. The predicted molar refractivity (Wildman–Crippen MR) is 102 cm³/mol. The molecule has 0 aliphatic heterocycles. The van der Waals surface area contributed by atoms with Crippen LogP contribution in [0.15, 0.2) is 54.6 Å². The molecule has 4 heteroatoms. The zero-order valence-corrected chi connectivity index (χ0v) is 15.3. The number of hydrogen-bond donors (Lipinski definition) is 1. The summed E-state index contributed by atoms with van der Waals surface area (Å²) in [6.07, 6.45) is 3.28. The molecule has 0 bridgehead atoms. The van der Waals surface area contributed by atoms with E-state index in [-0.39, 0.29) is 0 Å². The molecule has 0 heterocycles. The number of aliphatic carboxylic acids is 1. The van der Waals surface area contributed by atoms with E-state index in [1.165, 1.54) is 18.4 Å². The first-order valence-corrected chi connectivity index (χ1v) is 9.34. The lowest BCUT2D eigenvalue weighted by Crippen LogP contribution is -2.41. The molecule has 1 aliphatic carbocycles. The van der Waals surface area contributed by atoms with Crippen LogP contribution in [0.4, 0.5) is 0 Å². The van der Waals surface area contributed by atoms with Crippen LogP contribution in [0, 0.1) is 5.92 Å². The van der Waals surface area contributed by atoms with Crippen molar-refractivity contribution in [1.29, 1.82) is 0 Å². The maximum Gasteiger partial charge on any atom is 0.320 e. The van der Waals surface area contributed by atoms with E-state index in [2.05, 4.69) is 17.0 Å². The van der Waals surface area contributed by atoms with Gasteiger partial charge in [0.25, 0.3) is 0 Å². The third-order valence-electron chi connectivity index (χ3n) is 4.93. The van der Waals surface area contributed by atoms with Gasteiger partial charge in [-0.25, -0.2) is 0 Å². The Bertz CT molecular complexity index is 712. The van der Waals surface area contributed by atoms with E-state index in [0.717, 1.165) is 30.8 Å². The zero-order valence-electron chi connectivity index (χ0n) is 15.3. The van der Waals surface area contributed by atoms with Gasteiger partial charge in [-0.2, -0.15) is 0 Å². The number of hydrogen-bond acceptors (Lipinski definition) is 3. The van der Waals surface area contributed by atoms with Gasteiger partial charge in [-0.05, 0) is 55.4 Å². The highest BCUT2D eigenvalue weighted by molar-refractivity contribution is 5.72. The number of carboxylic acids is 1. The van der Waals surface area contributed by atoms with Gasteiger partial charge in [-0.15, -0.1) is 0 Å². The highest BCUT2D eigenvalue weighted by atomic mass is 16.5. The molecular formula is C22H27NO3. The Morgan fingerprint density at radius 2 is 1.88 bits per heavy atom. The average molecular weight is 353 g/mol. The van der Waals surface area contributed by atoms with Crippen LogP contribution in [0.3, 0.4) is 0 Å². The molecule has 0 radical (unpaired) electrons. The van der Waals surface area contributed by atoms with Gasteiger partial charge < -0.3 is 9.84 Å². The third-order valence-corrected chi connectivity index (χ3v) is 4.93. The Hall–Kier alpha value is -2.33. The second-order valence-corrected chi connectivity index (χ2v) is 7.12. The summed E-state index contributed by atoms with van der Waals surface area (Å²) in [5.74, 6) is 0.786. The highest BCUT2D eigenvalue weighted by Gasteiger charge is 2.28. The van der Waals surface area contributed by atoms with Crippen molar-refractivity contribution in [2.45, 2.75) is 38.8 Å². The Kier molecular flexibility index (Phi) is 6.29. The van der Waals surface area contributed by atoms with E-state index in [1.54, 1.807) is 6.92 Å². The summed E-state index contributed by atoms with van der Waals surface area (Å²) in [5, 5.41) is 9.34. The molecule has 4 nitrogen and oxygen atoms in total. The smallest absolute Gasteiger partial charge is 0.320 e. The largest absolute Gasteiger partial charge is 0.489 e. The second kappa shape index (κ2) is 8.86. The summed E-state index contributed by atoms with van der Waals surface area (Å²) in [6.45, 7) is 3.97. The molecule has 1 atom stereocenters. The number of carbonyl (C=O) groups is 1. The minimum atomic E-state index is -0.745. The van der Waals surface area contributed by atoms with E-state index in [9.17, 15) is 9.90 Å². The Morgan fingerprint density at radius 3 is 2.58 bits per heavy atom. The molecule has 1 aliphatic rings. The first-order valence-electron chi connectivity index (χ1n) is 9.34. The summed E-state index contributed by atoms with van der Waals surface area (Å²) in [4.78, 5) is 13.5. The Morgan fingerprint density at radius 1 is 1.15 bits per heavy atom. The van der Waals surface area contributed by atoms with E-state index >= 15 is 0 Å². The molecule has 1 saturated carbocycles. The summed E-state index contributed by atoms with van der Waals surface area (Å²) in [5.41, 5.74) is 2.32. The number of nitrogens with zero attached hydrogens (tertiary/aromatic N) is 1. The number of benzene rings is 2. The van der Waals surface area contributed by atoms with Gasteiger partial charge in [0, 0.05) is 13.1 Å². The predicted octanol–water partition coefficient (Wildman–Crippen LogP) is 3.99. The van der Waals surface area contributed by atoms with Crippen LogP contribution in [0.2, 0.25) is 0 Å². The Balaban J connectivity index is 1.55. The zero-order chi connectivity index (χ0) is 18.4. The van der Waals surface area contributed by atoms with Crippen LogP contribution in [-0.2, 0) is 17.8 Å². The molecule has 0 saturated heterocycles. The maximum absolute atomic E-state index is 11.4. The fraction of sp³-hybridized carbons (Fsp3) is 0.409. The molecule has 0 aromatic heterocycles. The van der Waals surface area contributed by atoms with Crippen molar-refractivity contribution in [3.63, 3.8) is 0 Å². The molecule has 138 valence electrons. The van der Waals surface area contributed by atoms with Crippen LogP contribution < -0.4 is 4.74 Å². The van der Waals surface area contributed by atoms with Gasteiger partial charge in [-0.1, -0.05) is 42.5 Å². The van der Waals surface area contributed by atoms with Crippen LogP contribution in [0.5, 0.6) is 5.75 Å². The first-order chi connectivity index (χ1) is 12.6. The fourth-order valence-corrected chi connectivity index (χ4v) is 3.04. The van der Waals surface area contributed by atoms with Crippen LogP contribution in [0.25, 0.3) is 0 Å². The average Bonchev–Trinajstić information content (AvgIpc) is 3.48. The standard InChI is InChI=1S/C22H27NO3/c1-17(22(24)25)23(15-19-10-11-19)13-12-18-8-5-9-21(14-18)26-16-20-6-3-2-4-7-20/h2-9,14,17,19H,10-13,15-16H2,1H3,(H,24,25). The molecule has 3 rings (SSSR count). The Labute approximate surface area is 155 Å². The molecule has 2 aromatic carbocycles. The van der Waals surface area contributed by atoms with Crippen molar-refractivity contribution in [3.05, 3.63) is 65.7 Å². The summed E-state index contributed by atoms with van der Waals surface area (Å²) < 4.78 is 5.89. The van der Waals surface area contributed by atoms with E-state index in [1.807, 2.05) is 42.5 Å². The molecule has 26 heavy (non-hydrogen) atoms. The number of carboxylic acid groups (broad SMARTS) is 1. The maximum atomic E-state index is 11.4. The molecule has 2 aromatic rings. The number of rotatable bonds is 10. The molecule has 0 spiro atoms. The van der Waals surface area contributed by atoms with Crippen molar-refractivity contribution in [2.24, 2.45) is 5.92 Å². The van der Waals surface area contributed by atoms with Crippen molar-refractivity contribution >= 4 is 5.97 Å². The monoisotopic (exact) mass is 353 g/mol. The molecule has 1 fully saturated rings. The SMILES string of the molecule is CC(C(=O)O)N(CCc1cccc(OCc2ccccc2)c1)CC1CC1. The lowest BCUT2D eigenvalue weighted by atomic mass is 10.1. The van der Waals surface area contributed by atoms with Gasteiger partial charge in [0.15, 0.2) is 0 Å². The summed E-state index contributed by atoms with van der Waals surface area (Å²) in [6, 6.07) is 17.8. The van der Waals surface area contributed by atoms with Crippen LogP contribution in [-0.4, -0.2) is 35.1 Å². The van der Waals surface area contributed by atoms with E-state index < -0.39 is 12.0 Å². The molecule has 1 unspecified atom stereocenters. The first kappa shape index (κ1) is 18.5. The molecule has 1 N–H and O–H groups in total. The summed E-state index contributed by atoms with van der Waals surface area (Å²) >= 11 is 0. The van der Waals surface area contributed by atoms with Crippen molar-refractivity contribution in [1.82, 2.24) is 4.90 Å². The molecule has 0 amide bonds. The van der Waals surface area contributed by atoms with Crippen LogP contribution in [0.1, 0.15) is 30.9 Å². The second-order valence-electron chi connectivity index (χ2n) is 7.12. The topological polar surface area (TPSA) is 49.8 Å². The van der Waals surface area contributed by atoms with Gasteiger partial charge in [0.2, 0.25) is 0 Å². The summed E-state index contributed by atoms with van der Waals surface area (Å²) in [7, 11) is 0. The van der Waals surface area contributed by atoms with Crippen molar-refractivity contribution < 1.29 is 14.6 Å². The van der Waals surface area contributed by atoms with Crippen LogP contribution >= 0.6 is 0 Å². The van der Waals surface area contributed by atoms with Gasteiger partial charge in [-0.3, -0.25) is 9.69 Å². The van der Waals surface area contributed by atoms with E-state index in [4.69, 9.17) is 4.74 Å². The van der Waals surface area contributed by atoms with Crippen molar-refractivity contribution in [2.75, 3.05) is 13.1 Å². The number of ether oxygens (including phenoxy) is 1. The van der Waals surface area contributed by atoms with E-state index in [0.29, 0.717) is 12.5 Å². The molecular weight excluding hydrogens is 326 g/mol. The lowest BCUT2D eigenvalue weighted by molar-refractivity contribution is -0.142. The van der Waals surface area contributed by atoms with Gasteiger partial charge >= 0.3 is 5.97 Å². The highest BCUT2D eigenvalue weighted by Crippen LogP contribution is 2.30. The van der Waals surface area contributed by atoms with Gasteiger partial charge in [0.1, 0.15) is 18.4 Å². The minimum absolute atomic E-state index is 0.437. The third kappa shape index (κ3) is 5.60. The quantitative estimate of drug-likeness (QED) is 0.702. The van der Waals surface area contributed by atoms with Crippen molar-refractivity contribution in [3.8, 4) is 5.75 Å².